The number of aromatic nitrogens is 3. The molecule has 1 amide bonds. The van der Waals surface area contributed by atoms with Crippen molar-refractivity contribution in [3.8, 4) is 0 Å². The molecule has 160 valence electrons. The Labute approximate surface area is 188 Å². The number of nitrogens with zero attached hydrogens (tertiary/aromatic N) is 3. The number of hydrogen-bond donors (Lipinski definition) is 1. The van der Waals surface area contributed by atoms with E-state index in [2.05, 4.69) is 10.3 Å². The molecule has 31 heavy (non-hydrogen) atoms. The fourth-order valence-electron chi connectivity index (χ4n) is 3.25. The van der Waals surface area contributed by atoms with Crippen LogP contribution in [0.1, 0.15) is 31.9 Å². The summed E-state index contributed by atoms with van der Waals surface area (Å²) in [6.07, 6.45) is 1.72. The Hall–Kier alpha value is -2.71. The molecule has 3 aromatic heterocycles. The lowest BCUT2D eigenvalue weighted by molar-refractivity contribution is -0.119. The summed E-state index contributed by atoms with van der Waals surface area (Å²) in [5.41, 5.74) is 2.40. The molecule has 0 atom stereocenters. The molecule has 0 fully saturated rings. The molecule has 0 radical (unpaired) electrons. The van der Waals surface area contributed by atoms with Crippen molar-refractivity contribution in [3.05, 3.63) is 64.1 Å². The summed E-state index contributed by atoms with van der Waals surface area (Å²) in [7, 11) is 0. The van der Waals surface area contributed by atoms with Crippen LogP contribution in [0.25, 0.3) is 20.4 Å². The molecule has 0 spiro atoms. The minimum atomic E-state index is -0.314. The number of hydrogen-bond acceptors (Lipinski definition) is 6. The SMILES string of the molecule is Cc1ccc(Cn2c(SCC(=O)NC(C)(C)C)nc3c(sc4ncccc43)c2=O)cc1. The number of fused-ring (bicyclic) bond motifs is 3. The Morgan fingerprint density at radius 2 is 1.94 bits per heavy atom. The van der Waals surface area contributed by atoms with Crippen LogP contribution in [0.5, 0.6) is 0 Å². The first-order valence-electron chi connectivity index (χ1n) is 9.99. The van der Waals surface area contributed by atoms with Crippen LogP contribution in [0.3, 0.4) is 0 Å². The lowest BCUT2D eigenvalue weighted by atomic mass is 10.1. The topological polar surface area (TPSA) is 76.9 Å². The van der Waals surface area contributed by atoms with E-state index < -0.39 is 0 Å². The van der Waals surface area contributed by atoms with Gasteiger partial charge in [-0.15, -0.1) is 11.3 Å². The van der Waals surface area contributed by atoms with Crippen molar-refractivity contribution in [1.29, 1.82) is 0 Å². The van der Waals surface area contributed by atoms with Gasteiger partial charge in [0, 0.05) is 17.1 Å². The molecular weight excluding hydrogens is 428 g/mol. The summed E-state index contributed by atoms with van der Waals surface area (Å²) >= 11 is 2.64. The summed E-state index contributed by atoms with van der Waals surface area (Å²) in [6.45, 7) is 8.25. The summed E-state index contributed by atoms with van der Waals surface area (Å²) in [6, 6.07) is 11.9. The van der Waals surface area contributed by atoms with Crippen LogP contribution in [-0.2, 0) is 11.3 Å². The van der Waals surface area contributed by atoms with Crippen molar-refractivity contribution in [2.24, 2.45) is 0 Å². The van der Waals surface area contributed by atoms with Gasteiger partial charge >= 0.3 is 0 Å². The summed E-state index contributed by atoms with van der Waals surface area (Å²) in [4.78, 5) is 35.8. The number of thiophene rings is 1. The third-order valence-electron chi connectivity index (χ3n) is 4.63. The van der Waals surface area contributed by atoms with Gasteiger partial charge in [-0.05, 0) is 45.4 Å². The summed E-state index contributed by atoms with van der Waals surface area (Å²) < 4.78 is 2.25. The molecule has 4 rings (SSSR count). The Morgan fingerprint density at radius 3 is 2.65 bits per heavy atom. The van der Waals surface area contributed by atoms with Crippen molar-refractivity contribution in [1.82, 2.24) is 19.9 Å². The number of thioether (sulfide) groups is 1. The second kappa shape index (κ2) is 8.43. The molecule has 1 aromatic carbocycles. The Balaban J connectivity index is 1.78. The number of rotatable bonds is 5. The van der Waals surface area contributed by atoms with Crippen molar-refractivity contribution in [2.75, 3.05) is 5.75 Å². The quantitative estimate of drug-likeness (QED) is 0.359. The molecule has 1 N–H and O–H groups in total. The highest BCUT2D eigenvalue weighted by Crippen LogP contribution is 2.30. The normalized spacial score (nSPS) is 11.9. The van der Waals surface area contributed by atoms with E-state index in [0.29, 0.717) is 21.9 Å². The maximum atomic E-state index is 13.5. The smallest absolute Gasteiger partial charge is 0.272 e. The van der Waals surface area contributed by atoms with Gasteiger partial charge in [-0.2, -0.15) is 0 Å². The molecule has 0 aliphatic heterocycles. The monoisotopic (exact) mass is 452 g/mol. The molecule has 0 aliphatic carbocycles. The van der Waals surface area contributed by atoms with Gasteiger partial charge in [0.05, 0.1) is 17.8 Å². The second-order valence-corrected chi connectivity index (χ2v) is 10.4. The number of carbonyl (C=O) groups is 1. The molecule has 6 nitrogen and oxygen atoms in total. The first-order chi connectivity index (χ1) is 14.7. The standard InChI is InChI=1S/C23H24N4O2S2/c1-14-7-9-15(10-8-14)12-27-21(29)19-18(16-6-5-11-24-20(16)31-19)25-22(27)30-13-17(28)26-23(2,3)4/h5-11H,12-13H2,1-4H3,(H,26,28). The van der Waals surface area contributed by atoms with Crippen LogP contribution in [0, 0.1) is 6.92 Å². The highest BCUT2D eigenvalue weighted by Gasteiger charge is 2.19. The largest absolute Gasteiger partial charge is 0.351 e. The first-order valence-corrected chi connectivity index (χ1v) is 11.8. The minimum Gasteiger partial charge on any atom is -0.351 e. The van der Waals surface area contributed by atoms with Gasteiger partial charge < -0.3 is 5.32 Å². The molecule has 0 unspecified atom stereocenters. The molecule has 4 aromatic rings. The predicted octanol–water partition coefficient (Wildman–Crippen LogP) is 4.37. The lowest BCUT2D eigenvalue weighted by Crippen LogP contribution is -2.41. The Bertz CT molecular complexity index is 1320. The summed E-state index contributed by atoms with van der Waals surface area (Å²) in [5.74, 6) is 0.0919. The van der Waals surface area contributed by atoms with E-state index in [4.69, 9.17) is 4.98 Å². The minimum absolute atomic E-state index is 0.0921. The van der Waals surface area contributed by atoms with Crippen LogP contribution in [0.2, 0.25) is 0 Å². The van der Waals surface area contributed by atoms with Gasteiger partial charge in [0.2, 0.25) is 5.91 Å². The molecular formula is C23H24N4O2S2. The van der Waals surface area contributed by atoms with E-state index in [-0.39, 0.29) is 22.8 Å². The van der Waals surface area contributed by atoms with Gasteiger partial charge in [0.1, 0.15) is 9.53 Å². The number of carbonyl (C=O) groups excluding carboxylic acids is 1. The molecule has 0 bridgehead atoms. The number of aryl methyl sites for hydroxylation is 1. The van der Waals surface area contributed by atoms with Gasteiger partial charge in [-0.25, -0.2) is 9.97 Å². The third-order valence-corrected chi connectivity index (χ3v) is 6.69. The maximum Gasteiger partial charge on any atom is 0.272 e. The Morgan fingerprint density at radius 1 is 1.19 bits per heavy atom. The van der Waals surface area contributed by atoms with Crippen LogP contribution < -0.4 is 10.9 Å². The predicted molar refractivity (Wildman–Crippen MR) is 128 cm³/mol. The van der Waals surface area contributed by atoms with Crippen LogP contribution >= 0.6 is 23.1 Å². The van der Waals surface area contributed by atoms with Crippen molar-refractivity contribution in [2.45, 2.75) is 44.9 Å². The first kappa shape index (κ1) is 21.5. The van der Waals surface area contributed by atoms with E-state index in [0.717, 1.165) is 21.3 Å². The van der Waals surface area contributed by atoms with E-state index in [1.54, 1.807) is 10.8 Å². The zero-order valence-electron chi connectivity index (χ0n) is 17.9. The lowest BCUT2D eigenvalue weighted by Gasteiger charge is -2.20. The maximum absolute atomic E-state index is 13.5. The molecule has 3 heterocycles. The fourth-order valence-corrected chi connectivity index (χ4v) is 5.07. The number of amides is 1. The van der Waals surface area contributed by atoms with Crippen molar-refractivity contribution < 1.29 is 4.79 Å². The van der Waals surface area contributed by atoms with E-state index in [1.165, 1.54) is 23.1 Å². The zero-order valence-corrected chi connectivity index (χ0v) is 19.6. The highest BCUT2D eigenvalue weighted by atomic mass is 32.2. The van der Waals surface area contributed by atoms with Crippen LogP contribution in [-0.4, -0.2) is 31.7 Å². The van der Waals surface area contributed by atoms with Crippen LogP contribution in [0.4, 0.5) is 0 Å². The zero-order chi connectivity index (χ0) is 22.2. The number of nitrogens with one attached hydrogen (secondary N) is 1. The van der Waals surface area contributed by atoms with Gasteiger partial charge in [-0.1, -0.05) is 41.6 Å². The number of benzene rings is 1. The van der Waals surface area contributed by atoms with Crippen molar-refractivity contribution >= 4 is 49.4 Å². The van der Waals surface area contributed by atoms with Crippen molar-refractivity contribution in [3.63, 3.8) is 0 Å². The van der Waals surface area contributed by atoms with E-state index >= 15 is 0 Å². The fraction of sp³-hybridized carbons (Fsp3) is 0.304. The highest BCUT2D eigenvalue weighted by molar-refractivity contribution is 7.99. The second-order valence-electron chi connectivity index (χ2n) is 8.49. The van der Waals surface area contributed by atoms with Gasteiger partial charge in [0.25, 0.3) is 5.56 Å². The molecule has 0 saturated carbocycles. The molecule has 0 saturated heterocycles. The summed E-state index contributed by atoms with van der Waals surface area (Å²) in [5, 5.41) is 4.36. The molecule has 0 aliphatic rings. The average molecular weight is 453 g/mol. The van der Waals surface area contributed by atoms with Gasteiger partial charge in [-0.3, -0.25) is 14.2 Å². The third kappa shape index (κ3) is 4.80. The number of pyridine rings is 1. The molecule has 8 heteroatoms. The van der Waals surface area contributed by atoms with Crippen LogP contribution in [0.15, 0.2) is 52.5 Å². The Kier molecular flexibility index (Phi) is 5.85. The van der Waals surface area contributed by atoms with Gasteiger partial charge in [0.15, 0.2) is 5.16 Å². The van der Waals surface area contributed by atoms with E-state index in [9.17, 15) is 9.59 Å². The average Bonchev–Trinajstić information content (AvgIpc) is 3.08. The van der Waals surface area contributed by atoms with E-state index in [1.807, 2.05) is 64.1 Å².